The molecule has 5 N–H and O–H groups in total. The van der Waals surface area contributed by atoms with E-state index in [2.05, 4.69) is 15.0 Å². The molecule has 0 spiro atoms. The summed E-state index contributed by atoms with van der Waals surface area (Å²) < 4.78 is 12.3. The SMILES string of the molecule is CO[C@@H]1C(O)[C@H](n2cnc3c(=O)[nH]c(N)nc32)O[C@@H]1[C@H](C)O. The first-order chi connectivity index (χ1) is 10.4. The number of nitrogens with zero attached hydrogens (tertiary/aromatic N) is 3. The van der Waals surface area contributed by atoms with Gasteiger partial charge < -0.3 is 25.4 Å². The van der Waals surface area contributed by atoms with Crippen molar-refractivity contribution < 1.29 is 19.7 Å². The first-order valence-corrected chi connectivity index (χ1v) is 6.70. The summed E-state index contributed by atoms with van der Waals surface area (Å²) in [4.78, 5) is 22.1. The second kappa shape index (κ2) is 5.32. The van der Waals surface area contributed by atoms with Crippen LogP contribution in [0, 0.1) is 0 Å². The Morgan fingerprint density at radius 1 is 1.59 bits per heavy atom. The van der Waals surface area contributed by atoms with Gasteiger partial charge in [-0.1, -0.05) is 0 Å². The van der Waals surface area contributed by atoms with Crippen LogP contribution < -0.4 is 11.3 Å². The average Bonchev–Trinajstić information content (AvgIpc) is 2.99. The molecule has 10 heteroatoms. The predicted molar refractivity (Wildman–Crippen MR) is 75.0 cm³/mol. The standard InChI is InChI=1S/C12H17N5O5/c1-4(18)7-8(21-2)6(19)11(22-7)17-3-14-5-9(17)15-12(13)16-10(5)20/h3-4,6-8,11,18-19H,1-2H3,(H3,13,15,16,20)/t4-,6?,7+,8+,11+/m0/s1. The molecule has 1 saturated heterocycles. The van der Waals surface area contributed by atoms with Gasteiger partial charge in [-0.2, -0.15) is 4.98 Å². The molecule has 5 atom stereocenters. The van der Waals surface area contributed by atoms with E-state index in [0.717, 1.165) is 0 Å². The van der Waals surface area contributed by atoms with E-state index in [0.29, 0.717) is 0 Å². The molecule has 1 aliphatic rings. The maximum absolute atomic E-state index is 11.8. The van der Waals surface area contributed by atoms with Crippen molar-refractivity contribution >= 4 is 17.1 Å². The maximum Gasteiger partial charge on any atom is 0.280 e. The Hall–Kier alpha value is -2.01. The van der Waals surface area contributed by atoms with Gasteiger partial charge in [0, 0.05) is 7.11 Å². The summed E-state index contributed by atoms with van der Waals surface area (Å²) in [7, 11) is 1.42. The van der Waals surface area contributed by atoms with Gasteiger partial charge in [-0.15, -0.1) is 0 Å². The number of rotatable bonds is 3. The fraction of sp³-hybridized carbons (Fsp3) is 0.583. The number of anilines is 1. The van der Waals surface area contributed by atoms with Crippen molar-refractivity contribution in [2.24, 2.45) is 0 Å². The van der Waals surface area contributed by atoms with Crippen molar-refractivity contribution in [2.75, 3.05) is 12.8 Å². The smallest absolute Gasteiger partial charge is 0.280 e. The number of fused-ring (bicyclic) bond motifs is 1. The summed E-state index contributed by atoms with van der Waals surface area (Å²) in [5.74, 6) is -0.0675. The molecule has 0 saturated carbocycles. The number of ether oxygens (including phenoxy) is 2. The molecule has 0 aliphatic carbocycles. The highest BCUT2D eigenvalue weighted by Crippen LogP contribution is 2.33. The normalized spacial score (nSPS) is 30.0. The summed E-state index contributed by atoms with van der Waals surface area (Å²) in [5, 5.41) is 20.1. The quantitative estimate of drug-likeness (QED) is 0.527. The predicted octanol–water partition coefficient (Wildman–Crippen LogP) is -1.64. The Kier molecular flexibility index (Phi) is 3.60. The molecule has 3 rings (SSSR count). The molecule has 0 aromatic carbocycles. The average molecular weight is 311 g/mol. The molecule has 0 amide bonds. The number of aliphatic hydroxyl groups is 2. The summed E-state index contributed by atoms with van der Waals surface area (Å²) in [6, 6.07) is 0. The third kappa shape index (κ3) is 2.16. The minimum atomic E-state index is -1.07. The summed E-state index contributed by atoms with van der Waals surface area (Å²) >= 11 is 0. The summed E-state index contributed by atoms with van der Waals surface area (Å²) in [6.07, 6.45) is -2.92. The number of methoxy groups -OCH3 is 1. The van der Waals surface area contributed by atoms with E-state index >= 15 is 0 Å². The van der Waals surface area contributed by atoms with Crippen LogP contribution in [-0.4, -0.2) is 61.3 Å². The van der Waals surface area contributed by atoms with Crippen molar-refractivity contribution in [3.8, 4) is 0 Å². The fourth-order valence-corrected chi connectivity index (χ4v) is 2.70. The van der Waals surface area contributed by atoms with Crippen LogP contribution in [-0.2, 0) is 9.47 Å². The molecular weight excluding hydrogens is 294 g/mol. The van der Waals surface area contributed by atoms with E-state index < -0.39 is 36.2 Å². The highest BCUT2D eigenvalue weighted by molar-refractivity contribution is 5.70. The maximum atomic E-state index is 11.8. The zero-order valence-corrected chi connectivity index (χ0v) is 12.0. The lowest BCUT2D eigenvalue weighted by Crippen LogP contribution is -2.38. The van der Waals surface area contributed by atoms with Gasteiger partial charge in [-0.3, -0.25) is 14.3 Å². The van der Waals surface area contributed by atoms with Crippen LogP contribution in [0.4, 0.5) is 5.95 Å². The molecule has 120 valence electrons. The second-order valence-electron chi connectivity index (χ2n) is 5.20. The van der Waals surface area contributed by atoms with Gasteiger partial charge in [-0.05, 0) is 6.92 Å². The van der Waals surface area contributed by atoms with Crippen LogP contribution in [0.1, 0.15) is 13.2 Å². The molecule has 2 aromatic heterocycles. The first-order valence-electron chi connectivity index (χ1n) is 6.70. The lowest BCUT2D eigenvalue weighted by atomic mass is 10.1. The Morgan fingerprint density at radius 2 is 2.32 bits per heavy atom. The van der Waals surface area contributed by atoms with Crippen molar-refractivity contribution in [1.29, 1.82) is 0 Å². The lowest BCUT2D eigenvalue weighted by Gasteiger charge is -2.20. The second-order valence-corrected chi connectivity index (χ2v) is 5.20. The van der Waals surface area contributed by atoms with E-state index in [9.17, 15) is 15.0 Å². The van der Waals surface area contributed by atoms with E-state index in [1.165, 1.54) is 18.0 Å². The highest BCUT2D eigenvalue weighted by atomic mass is 16.6. The molecule has 3 heterocycles. The zero-order valence-electron chi connectivity index (χ0n) is 12.0. The number of aliphatic hydroxyl groups excluding tert-OH is 2. The van der Waals surface area contributed by atoms with Crippen LogP contribution in [0.15, 0.2) is 11.1 Å². The van der Waals surface area contributed by atoms with Crippen LogP contribution in [0.3, 0.4) is 0 Å². The van der Waals surface area contributed by atoms with Gasteiger partial charge in [0.1, 0.15) is 18.3 Å². The Morgan fingerprint density at radius 3 is 2.91 bits per heavy atom. The largest absolute Gasteiger partial charge is 0.391 e. The van der Waals surface area contributed by atoms with Gasteiger partial charge >= 0.3 is 0 Å². The van der Waals surface area contributed by atoms with Crippen LogP contribution >= 0.6 is 0 Å². The Bertz CT molecular complexity index is 741. The molecule has 1 fully saturated rings. The van der Waals surface area contributed by atoms with E-state index in [-0.39, 0.29) is 17.1 Å². The van der Waals surface area contributed by atoms with Crippen molar-refractivity contribution in [3.63, 3.8) is 0 Å². The number of hydrogen-bond donors (Lipinski definition) is 4. The molecule has 0 bridgehead atoms. The van der Waals surface area contributed by atoms with E-state index in [1.54, 1.807) is 6.92 Å². The first kappa shape index (κ1) is 14.9. The molecule has 1 unspecified atom stereocenters. The number of hydrogen-bond acceptors (Lipinski definition) is 8. The molecule has 10 nitrogen and oxygen atoms in total. The molecule has 0 radical (unpaired) electrons. The van der Waals surface area contributed by atoms with Crippen molar-refractivity contribution in [1.82, 2.24) is 19.5 Å². The van der Waals surface area contributed by atoms with Crippen LogP contribution in [0.25, 0.3) is 11.2 Å². The highest BCUT2D eigenvalue weighted by Gasteiger charge is 2.47. The third-order valence-electron chi connectivity index (χ3n) is 3.72. The minimum absolute atomic E-state index is 0.0675. The number of nitrogens with two attached hydrogens (primary N) is 1. The van der Waals surface area contributed by atoms with Crippen molar-refractivity contribution in [3.05, 3.63) is 16.7 Å². The lowest BCUT2D eigenvalue weighted by molar-refractivity contribution is -0.0824. The van der Waals surface area contributed by atoms with E-state index in [1.807, 2.05) is 0 Å². The minimum Gasteiger partial charge on any atom is -0.391 e. The number of imidazole rings is 1. The van der Waals surface area contributed by atoms with Gasteiger partial charge in [0.15, 0.2) is 17.4 Å². The van der Waals surface area contributed by atoms with Crippen LogP contribution in [0.2, 0.25) is 0 Å². The fourth-order valence-electron chi connectivity index (χ4n) is 2.70. The number of aromatic amines is 1. The molecule has 22 heavy (non-hydrogen) atoms. The van der Waals surface area contributed by atoms with Crippen molar-refractivity contribution in [2.45, 2.75) is 37.6 Å². The monoisotopic (exact) mass is 311 g/mol. The number of nitrogen functional groups attached to an aromatic ring is 1. The third-order valence-corrected chi connectivity index (χ3v) is 3.72. The van der Waals surface area contributed by atoms with E-state index in [4.69, 9.17) is 15.2 Å². The van der Waals surface area contributed by atoms with Gasteiger partial charge in [0.25, 0.3) is 5.56 Å². The Balaban J connectivity index is 2.06. The Labute approximate surface area is 124 Å². The van der Waals surface area contributed by atoms with Gasteiger partial charge in [-0.25, -0.2) is 4.98 Å². The number of H-pyrrole nitrogens is 1. The number of aromatic nitrogens is 4. The summed E-state index contributed by atoms with van der Waals surface area (Å²) in [6.45, 7) is 1.54. The summed E-state index contributed by atoms with van der Waals surface area (Å²) in [5.41, 5.74) is 5.33. The van der Waals surface area contributed by atoms with Crippen LogP contribution in [0.5, 0.6) is 0 Å². The zero-order chi connectivity index (χ0) is 16.0. The van der Waals surface area contributed by atoms with Gasteiger partial charge in [0.2, 0.25) is 5.95 Å². The molecule has 1 aliphatic heterocycles. The van der Waals surface area contributed by atoms with Gasteiger partial charge in [0.05, 0.1) is 12.4 Å². The molecule has 2 aromatic rings. The molecular formula is C12H17N5O5. The topological polar surface area (TPSA) is 149 Å². The number of nitrogens with one attached hydrogen (secondary N) is 1.